The van der Waals surface area contributed by atoms with Crippen molar-refractivity contribution in [3.05, 3.63) is 0 Å². The second-order valence-electron chi connectivity index (χ2n) is 26.6. The molecule has 65 heavy (non-hydrogen) atoms. The van der Waals surface area contributed by atoms with Crippen molar-refractivity contribution in [1.29, 1.82) is 0 Å². The van der Waals surface area contributed by atoms with E-state index in [9.17, 15) is 15.0 Å². The van der Waals surface area contributed by atoms with Crippen molar-refractivity contribution in [3.63, 3.8) is 0 Å². The molecule has 0 heterocycles. The first kappa shape index (κ1) is 55.7. The summed E-state index contributed by atoms with van der Waals surface area (Å²) in [6, 6.07) is 0. The normalized spacial score (nSPS) is 43.8. The standard InChI is InChI=1S/C31H55NO3.C26H47NO.2ClH/c1-21(10-8-7-9-19-32-28(34)35-29(2,3)4)25-13-14-26-24-12-11-22-20-23(33)15-17-30(22,5)27(24)16-18-31(25,26)6;1-18(7-5-4-6-16-27)22-10-11-23-21-9-8-19-17-20(28)12-14-25(19,2)24(21)13-15-26(22,23)3;;/h21-27,33H,7-20H2,1-6H3,(H,32,34);18-24,28H,4-17,27H2,1-3H3;2*1H/p-1/t21?,22-,23-,24-,25+,26-,27-,30-,31+;18?,19-,20-,21-,22+,23-,24-,25-,26+;;/m00../s1. The molecule has 0 aromatic heterocycles. The van der Waals surface area contributed by atoms with Gasteiger partial charge < -0.3 is 50.8 Å². The number of hydrogen-bond acceptors (Lipinski definition) is 4. The summed E-state index contributed by atoms with van der Waals surface area (Å²) < 4.78 is 5.33. The van der Waals surface area contributed by atoms with E-state index in [1.165, 1.54) is 135 Å². The quantitative estimate of drug-likeness (QED) is 0.147. The van der Waals surface area contributed by atoms with Crippen LogP contribution >= 0.6 is 0 Å². The summed E-state index contributed by atoms with van der Waals surface area (Å²) in [5.41, 5.74) is 5.75. The Labute approximate surface area is 412 Å². The van der Waals surface area contributed by atoms with Gasteiger partial charge in [-0.3, -0.25) is 0 Å². The number of carbonyl (C=O) groups excluding carboxylic acids is 1. The molecular weight excluding hydrogens is 848 g/mol. The van der Waals surface area contributed by atoms with Crippen LogP contribution < -0.4 is 35.9 Å². The van der Waals surface area contributed by atoms with E-state index in [4.69, 9.17) is 4.74 Å². The maximum Gasteiger partial charge on any atom is 0.407 e. The minimum Gasteiger partial charge on any atom is -1.00 e. The van der Waals surface area contributed by atoms with Crippen molar-refractivity contribution in [3.8, 4) is 0 Å². The van der Waals surface area contributed by atoms with Crippen LogP contribution in [0.4, 0.5) is 4.79 Å². The summed E-state index contributed by atoms with van der Waals surface area (Å²) in [4.78, 5) is 11.8. The molecule has 8 aliphatic rings. The Morgan fingerprint density at radius 2 is 1.00 bits per heavy atom. The summed E-state index contributed by atoms with van der Waals surface area (Å²) >= 11 is 0. The first-order valence-electron chi connectivity index (χ1n) is 28.0. The molecule has 18 atom stereocenters. The van der Waals surface area contributed by atoms with Gasteiger partial charge in [0.05, 0.1) is 18.8 Å². The van der Waals surface area contributed by atoms with Crippen molar-refractivity contribution >= 4 is 6.09 Å². The Hall–Kier alpha value is -0.270. The lowest BCUT2D eigenvalue weighted by molar-refractivity contribution is -0.368. The summed E-state index contributed by atoms with van der Waals surface area (Å²) in [6.07, 6.45) is 34.2. The third-order valence-electron chi connectivity index (χ3n) is 22.2. The fourth-order valence-electron chi connectivity index (χ4n) is 18.9. The lowest BCUT2D eigenvalue weighted by Gasteiger charge is -2.61. The second-order valence-corrected chi connectivity index (χ2v) is 26.6. The van der Waals surface area contributed by atoms with Gasteiger partial charge in [0.15, 0.2) is 0 Å². The van der Waals surface area contributed by atoms with E-state index in [0.29, 0.717) is 28.2 Å². The van der Waals surface area contributed by atoms with Crippen LogP contribution in [0.5, 0.6) is 0 Å². The zero-order valence-electron chi connectivity index (χ0n) is 43.6. The van der Waals surface area contributed by atoms with Crippen LogP contribution in [0.25, 0.3) is 0 Å². The molecule has 1 amide bonds. The Morgan fingerprint density at radius 1 is 0.585 bits per heavy atom. The van der Waals surface area contributed by atoms with E-state index in [1.54, 1.807) is 0 Å². The Kier molecular flexibility index (Phi) is 19.6. The number of unbranched alkanes of at least 4 members (excludes halogenated alkanes) is 4. The average molecular weight is 951 g/mol. The van der Waals surface area contributed by atoms with Gasteiger partial charge in [-0.15, -0.1) is 0 Å². The third-order valence-corrected chi connectivity index (χ3v) is 22.2. The molecule has 8 aliphatic carbocycles. The van der Waals surface area contributed by atoms with Gasteiger partial charge in [0.25, 0.3) is 0 Å². The molecule has 2 unspecified atom stereocenters. The van der Waals surface area contributed by atoms with E-state index in [2.05, 4.69) is 52.6 Å². The lowest BCUT2D eigenvalue weighted by Crippen LogP contribution is -3.00. The number of halogens is 2. The van der Waals surface area contributed by atoms with Gasteiger partial charge in [0.2, 0.25) is 0 Å². The fraction of sp³-hybridized carbons (Fsp3) is 0.982. The van der Waals surface area contributed by atoms with E-state index in [1.807, 2.05) is 20.8 Å². The van der Waals surface area contributed by atoms with Crippen molar-refractivity contribution < 1.29 is 50.3 Å². The van der Waals surface area contributed by atoms with Crippen molar-refractivity contribution in [2.45, 2.75) is 247 Å². The van der Waals surface area contributed by atoms with Crippen molar-refractivity contribution in [2.75, 3.05) is 13.1 Å². The van der Waals surface area contributed by atoms with Gasteiger partial charge in [0.1, 0.15) is 5.60 Å². The number of ether oxygens (including phenoxy) is 1. The number of hydrogen-bond donors (Lipinski definition) is 4. The van der Waals surface area contributed by atoms with E-state index in [-0.39, 0.29) is 43.1 Å². The number of quaternary nitrogens is 1. The second kappa shape index (κ2) is 22.9. The van der Waals surface area contributed by atoms with E-state index in [0.717, 1.165) is 110 Å². The van der Waals surface area contributed by atoms with E-state index < -0.39 is 5.60 Å². The number of aliphatic hydroxyl groups excluding tert-OH is 2. The molecule has 0 radical (unpaired) electrons. The summed E-state index contributed by atoms with van der Waals surface area (Å²) in [5, 5.41) is 23.5. The zero-order valence-corrected chi connectivity index (χ0v) is 45.1. The van der Waals surface area contributed by atoms with Gasteiger partial charge in [-0.1, -0.05) is 73.6 Å². The Morgan fingerprint density at radius 3 is 1.43 bits per heavy atom. The topological polar surface area (TPSA) is 106 Å². The molecule has 0 aliphatic heterocycles. The van der Waals surface area contributed by atoms with Crippen LogP contribution in [0.1, 0.15) is 229 Å². The Bertz CT molecular complexity index is 1490. The number of fused-ring (bicyclic) bond motifs is 10. The Balaban J connectivity index is 0.000000242. The maximum absolute atomic E-state index is 11.8. The van der Waals surface area contributed by atoms with Gasteiger partial charge in [-0.25, -0.2) is 4.79 Å². The van der Waals surface area contributed by atoms with Crippen molar-refractivity contribution in [2.24, 2.45) is 92.7 Å². The average Bonchev–Trinajstić information content (AvgIpc) is 3.78. The highest BCUT2D eigenvalue weighted by molar-refractivity contribution is 5.67. The molecule has 6 N–H and O–H groups in total. The highest BCUT2D eigenvalue weighted by Gasteiger charge is 2.62. The zero-order chi connectivity index (χ0) is 45.4. The van der Waals surface area contributed by atoms with Crippen LogP contribution in [0.3, 0.4) is 0 Å². The van der Waals surface area contributed by atoms with Crippen molar-refractivity contribution in [1.82, 2.24) is 5.32 Å². The van der Waals surface area contributed by atoms with Gasteiger partial charge in [-0.05, 0) is 248 Å². The molecule has 380 valence electrons. The smallest absolute Gasteiger partial charge is 0.407 e. The molecule has 6 nitrogen and oxygen atoms in total. The summed E-state index contributed by atoms with van der Waals surface area (Å²) in [7, 11) is 0. The highest BCUT2D eigenvalue weighted by Crippen LogP contribution is 2.70. The van der Waals surface area contributed by atoms with Gasteiger partial charge >= 0.3 is 6.09 Å². The number of rotatable bonds is 13. The first-order valence-corrected chi connectivity index (χ1v) is 28.0. The predicted molar refractivity (Wildman–Crippen MR) is 260 cm³/mol. The molecule has 8 heteroatoms. The monoisotopic (exact) mass is 950 g/mol. The van der Waals surface area contributed by atoms with Crippen LogP contribution in [-0.4, -0.2) is 47.2 Å². The maximum atomic E-state index is 11.8. The summed E-state index contributed by atoms with van der Waals surface area (Å²) in [5.74, 6) is 10.8. The highest BCUT2D eigenvalue weighted by atomic mass is 35.5. The molecule has 0 aromatic carbocycles. The largest absolute Gasteiger partial charge is 1.00 e. The molecule has 8 fully saturated rings. The minimum absolute atomic E-state index is 0. The van der Waals surface area contributed by atoms with Crippen LogP contribution in [0, 0.1) is 92.7 Å². The molecule has 0 spiro atoms. The molecule has 0 aromatic rings. The van der Waals surface area contributed by atoms with Crippen LogP contribution in [0.2, 0.25) is 0 Å². The van der Waals surface area contributed by atoms with Crippen LogP contribution in [0.15, 0.2) is 0 Å². The number of carbonyl (C=O) groups is 1. The SMILES string of the molecule is CC(CCCCCNC(=O)OC(C)(C)C)[C@H]1CC[C@H]2[C@@H]3CC[C@H]4C[C@@H](O)CC[C@]4(C)[C@H]3CC[C@]12C.CC(CCCCC[NH3+])[C@H]1CC[C@H]2[C@@H]3CC[C@H]4C[C@@H](O)CC[C@]4(C)[C@H]3CC[C@]12C.[Cl-].[Cl-]. The molecular formula is C57H103Cl2N2O4-. The number of aliphatic hydroxyl groups is 2. The van der Waals surface area contributed by atoms with Crippen LogP contribution in [-0.2, 0) is 4.74 Å². The number of amides is 1. The minimum atomic E-state index is -0.427. The first-order chi connectivity index (χ1) is 29.8. The third kappa shape index (κ3) is 11.8. The molecule has 0 bridgehead atoms. The molecule has 0 saturated heterocycles. The van der Waals surface area contributed by atoms with E-state index >= 15 is 0 Å². The molecule has 8 saturated carbocycles. The lowest BCUT2D eigenvalue weighted by atomic mass is 9.44. The van der Waals surface area contributed by atoms with Gasteiger partial charge in [0, 0.05) is 6.54 Å². The summed E-state index contributed by atoms with van der Waals surface area (Å²) in [6.45, 7) is 23.3. The number of nitrogens with one attached hydrogen (secondary N) is 1. The fourth-order valence-corrected chi connectivity index (χ4v) is 18.9. The molecule has 8 rings (SSSR count). The predicted octanol–water partition coefficient (Wildman–Crippen LogP) is 7.18. The van der Waals surface area contributed by atoms with Gasteiger partial charge in [-0.2, -0.15) is 0 Å². The number of alkyl carbamates (subject to hydrolysis) is 1.